The van der Waals surface area contributed by atoms with Gasteiger partial charge in [-0.25, -0.2) is 9.97 Å². The zero-order valence-electron chi connectivity index (χ0n) is 22.1. The van der Waals surface area contributed by atoms with Crippen LogP contribution < -0.4 is 10.2 Å². The van der Waals surface area contributed by atoms with Crippen LogP contribution in [0.1, 0.15) is 51.0 Å². The highest BCUT2D eigenvalue weighted by atomic mass is 15.2. The Hall–Kier alpha value is -4.13. The molecule has 6 rings (SSSR count). The smallest absolute Gasteiger partial charge is 0.180 e. The molecule has 0 atom stereocenters. The zero-order valence-corrected chi connectivity index (χ0v) is 22.1. The number of pyridine rings is 1. The number of nitrogens with one attached hydrogen (secondary N) is 3. The van der Waals surface area contributed by atoms with Gasteiger partial charge < -0.3 is 15.2 Å². The second kappa shape index (κ2) is 10.3. The monoisotopic (exact) mass is 505 g/mol. The third kappa shape index (κ3) is 4.53. The first-order chi connectivity index (χ1) is 18.6. The van der Waals surface area contributed by atoms with Crippen molar-refractivity contribution in [1.29, 1.82) is 0 Å². The topological polar surface area (TPSA) is 85.5 Å². The quantitative estimate of drug-likeness (QED) is 0.228. The standard InChI is InChI=1S/C31H35N7/c1-4-21(18-24(5-2)33-20(3)22-10-9-11-22)23-12-13-26-25(19-23)28(37-36-26)31-34-29-27(14-15-32-30(29)35-31)38-16-7-6-8-17-38/h4-5,12-15,18-19,22,33H,2-3,6-11,16-17H2,1H3,(H,36,37)(H,32,34,35)/b21-4+,24-18+. The number of rotatable bonds is 8. The summed E-state index contributed by atoms with van der Waals surface area (Å²) in [7, 11) is 0. The molecule has 0 radical (unpaired) electrons. The van der Waals surface area contributed by atoms with Crippen LogP contribution in [0.5, 0.6) is 0 Å². The molecule has 7 heteroatoms. The number of piperidine rings is 1. The first-order valence-electron chi connectivity index (χ1n) is 13.7. The van der Waals surface area contributed by atoms with Gasteiger partial charge in [-0.15, -0.1) is 0 Å². The van der Waals surface area contributed by atoms with E-state index in [1.165, 1.54) is 44.2 Å². The van der Waals surface area contributed by atoms with Crippen LogP contribution in [0.25, 0.3) is 39.2 Å². The number of anilines is 1. The van der Waals surface area contributed by atoms with Gasteiger partial charge in [-0.3, -0.25) is 5.10 Å². The minimum absolute atomic E-state index is 0.561. The van der Waals surface area contributed by atoms with Crippen LogP contribution >= 0.6 is 0 Å². The van der Waals surface area contributed by atoms with Crippen LogP contribution in [0.4, 0.5) is 5.69 Å². The Morgan fingerprint density at radius 1 is 1.13 bits per heavy atom. The van der Waals surface area contributed by atoms with E-state index in [-0.39, 0.29) is 0 Å². The number of aromatic nitrogens is 5. The summed E-state index contributed by atoms with van der Waals surface area (Å²) in [6.07, 6.45) is 15.4. The summed E-state index contributed by atoms with van der Waals surface area (Å²) in [6, 6.07) is 8.46. The summed E-state index contributed by atoms with van der Waals surface area (Å²) in [5.41, 5.74) is 8.86. The van der Waals surface area contributed by atoms with Crippen molar-refractivity contribution in [3.05, 3.63) is 78.8 Å². The van der Waals surface area contributed by atoms with E-state index >= 15 is 0 Å². The number of fused-ring (bicyclic) bond motifs is 2. The molecule has 0 unspecified atom stereocenters. The van der Waals surface area contributed by atoms with Gasteiger partial charge in [0, 0.05) is 36.1 Å². The molecule has 2 aliphatic rings. The van der Waals surface area contributed by atoms with Crippen molar-refractivity contribution >= 4 is 33.3 Å². The summed E-state index contributed by atoms with van der Waals surface area (Å²) in [5, 5.41) is 12.3. The van der Waals surface area contributed by atoms with E-state index in [1.54, 1.807) is 0 Å². The lowest BCUT2D eigenvalue weighted by molar-refractivity contribution is 0.356. The SMILES string of the molecule is C=C/C(=C\C(=C/C)c1ccc2[nH]nc(-c3nc4nccc(N5CCCCC5)c4[nH]3)c2c1)NC(=C)C1CCC1. The highest BCUT2D eigenvalue weighted by Gasteiger charge is 2.21. The highest BCUT2D eigenvalue weighted by Crippen LogP contribution is 2.33. The molecule has 3 aromatic heterocycles. The molecule has 0 amide bonds. The number of hydrogen-bond donors (Lipinski definition) is 3. The third-order valence-corrected chi connectivity index (χ3v) is 7.93. The minimum atomic E-state index is 0.561. The normalized spacial score (nSPS) is 17.1. The van der Waals surface area contributed by atoms with Gasteiger partial charge >= 0.3 is 0 Å². The maximum Gasteiger partial charge on any atom is 0.180 e. The third-order valence-electron chi connectivity index (χ3n) is 7.93. The zero-order chi connectivity index (χ0) is 26.1. The van der Waals surface area contributed by atoms with Crippen molar-refractivity contribution in [2.75, 3.05) is 18.0 Å². The molecule has 4 aromatic rings. The Bertz CT molecular complexity index is 1560. The van der Waals surface area contributed by atoms with Gasteiger partial charge in [0.15, 0.2) is 11.5 Å². The summed E-state index contributed by atoms with van der Waals surface area (Å²) >= 11 is 0. The predicted molar refractivity (Wildman–Crippen MR) is 157 cm³/mol. The molecule has 0 bridgehead atoms. The average molecular weight is 506 g/mol. The molecule has 0 spiro atoms. The second-order valence-corrected chi connectivity index (χ2v) is 10.3. The number of allylic oxidation sites excluding steroid dienone is 5. The van der Waals surface area contributed by atoms with E-state index in [4.69, 9.17) is 4.98 Å². The Kier molecular flexibility index (Phi) is 6.58. The van der Waals surface area contributed by atoms with Gasteiger partial charge in [0.25, 0.3) is 0 Å². The van der Waals surface area contributed by atoms with Crippen LogP contribution in [0.15, 0.2) is 73.2 Å². The van der Waals surface area contributed by atoms with Gasteiger partial charge in [-0.1, -0.05) is 31.7 Å². The molecule has 1 aliphatic heterocycles. The summed E-state index contributed by atoms with van der Waals surface area (Å²) in [6.45, 7) is 12.5. The molecular weight excluding hydrogens is 470 g/mol. The van der Waals surface area contributed by atoms with Crippen LogP contribution in [0.2, 0.25) is 0 Å². The lowest BCUT2D eigenvalue weighted by Crippen LogP contribution is -2.29. The number of aromatic amines is 2. The van der Waals surface area contributed by atoms with E-state index in [1.807, 2.05) is 12.3 Å². The number of benzene rings is 1. The summed E-state index contributed by atoms with van der Waals surface area (Å²) in [5.74, 6) is 1.29. The van der Waals surface area contributed by atoms with Crippen molar-refractivity contribution in [2.24, 2.45) is 5.92 Å². The number of nitrogens with zero attached hydrogens (tertiary/aromatic N) is 4. The van der Waals surface area contributed by atoms with Crippen molar-refractivity contribution in [3.8, 4) is 11.5 Å². The molecule has 4 heterocycles. The van der Waals surface area contributed by atoms with E-state index in [9.17, 15) is 0 Å². The molecule has 38 heavy (non-hydrogen) atoms. The number of hydrogen-bond acceptors (Lipinski definition) is 5. The lowest BCUT2D eigenvalue weighted by atomic mass is 9.83. The van der Waals surface area contributed by atoms with E-state index < -0.39 is 0 Å². The molecule has 1 aromatic carbocycles. The molecule has 1 saturated heterocycles. The van der Waals surface area contributed by atoms with Gasteiger partial charge in [-0.05, 0) is 86.4 Å². The Balaban J connectivity index is 1.34. The predicted octanol–water partition coefficient (Wildman–Crippen LogP) is 6.87. The molecule has 1 aliphatic carbocycles. The number of imidazole rings is 1. The maximum atomic E-state index is 4.84. The minimum Gasteiger partial charge on any atom is -0.370 e. The maximum absolute atomic E-state index is 4.84. The molecule has 2 fully saturated rings. The van der Waals surface area contributed by atoms with Gasteiger partial charge in [0.2, 0.25) is 0 Å². The first kappa shape index (κ1) is 24.2. The fourth-order valence-corrected chi connectivity index (χ4v) is 5.47. The van der Waals surface area contributed by atoms with E-state index in [2.05, 4.69) is 86.9 Å². The average Bonchev–Trinajstić information content (AvgIpc) is 3.54. The second-order valence-electron chi connectivity index (χ2n) is 10.3. The van der Waals surface area contributed by atoms with E-state index in [0.29, 0.717) is 5.92 Å². The lowest BCUT2D eigenvalue weighted by Gasteiger charge is -2.28. The summed E-state index contributed by atoms with van der Waals surface area (Å²) < 4.78 is 0. The van der Waals surface area contributed by atoms with Gasteiger partial charge in [0.05, 0.1) is 11.2 Å². The molecule has 7 nitrogen and oxygen atoms in total. The van der Waals surface area contributed by atoms with Crippen molar-refractivity contribution < 1.29 is 0 Å². The van der Waals surface area contributed by atoms with Crippen LogP contribution in [-0.2, 0) is 0 Å². The number of H-pyrrole nitrogens is 2. The van der Waals surface area contributed by atoms with Crippen LogP contribution in [0, 0.1) is 5.92 Å². The highest BCUT2D eigenvalue weighted by molar-refractivity contribution is 5.96. The first-order valence-corrected chi connectivity index (χ1v) is 13.7. The Labute approximate surface area is 223 Å². The van der Waals surface area contributed by atoms with Crippen molar-refractivity contribution in [2.45, 2.75) is 45.4 Å². The van der Waals surface area contributed by atoms with Gasteiger partial charge in [-0.2, -0.15) is 5.10 Å². The largest absolute Gasteiger partial charge is 0.370 e. The van der Waals surface area contributed by atoms with Crippen LogP contribution in [0.3, 0.4) is 0 Å². The van der Waals surface area contributed by atoms with Crippen molar-refractivity contribution in [1.82, 2.24) is 30.5 Å². The van der Waals surface area contributed by atoms with Crippen LogP contribution in [-0.4, -0.2) is 38.2 Å². The molecule has 194 valence electrons. The molecular formula is C31H35N7. The van der Waals surface area contributed by atoms with E-state index in [0.717, 1.165) is 69.2 Å². The van der Waals surface area contributed by atoms with Gasteiger partial charge in [0.1, 0.15) is 11.2 Å². The molecule has 3 N–H and O–H groups in total. The fraction of sp³-hybridized carbons (Fsp3) is 0.323. The Morgan fingerprint density at radius 3 is 2.71 bits per heavy atom. The molecule has 1 saturated carbocycles. The summed E-state index contributed by atoms with van der Waals surface area (Å²) in [4.78, 5) is 15.4. The Morgan fingerprint density at radius 2 is 1.97 bits per heavy atom. The van der Waals surface area contributed by atoms with Crippen molar-refractivity contribution in [3.63, 3.8) is 0 Å². The fourth-order valence-electron chi connectivity index (χ4n) is 5.47.